The second kappa shape index (κ2) is 4.15. The fraction of sp³-hybridized carbons (Fsp3) is 0.636. The number of nitrogens with zero attached hydrogens (tertiary/aromatic N) is 1. The van der Waals surface area contributed by atoms with E-state index in [0.29, 0.717) is 6.04 Å². The first kappa shape index (κ1) is 9.74. The molecule has 14 heavy (non-hydrogen) atoms. The molecule has 1 saturated heterocycles. The van der Waals surface area contributed by atoms with Crippen LogP contribution in [0.5, 0.6) is 0 Å². The van der Waals surface area contributed by atoms with Crippen LogP contribution in [0.25, 0.3) is 0 Å². The second-order valence-corrected chi connectivity index (χ2v) is 3.85. The summed E-state index contributed by atoms with van der Waals surface area (Å²) < 4.78 is 10.8. The van der Waals surface area contributed by atoms with Crippen LogP contribution < -0.4 is 0 Å². The van der Waals surface area contributed by atoms with Gasteiger partial charge in [0, 0.05) is 13.1 Å². The zero-order valence-electron chi connectivity index (χ0n) is 8.82. The van der Waals surface area contributed by atoms with Crippen molar-refractivity contribution in [3.8, 4) is 0 Å². The molecule has 1 aromatic heterocycles. The van der Waals surface area contributed by atoms with Crippen molar-refractivity contribution in [3.05, 3.63) is 23.7 Å². The van der Waals surface area contributed by atoms with Crippen LogP contribution >= 0.6 is 0 Å². The van der Waals surface area contributed by atoms with Crippen LogP contribution in [0.4, 0.5) is 0 Å². The Morgan fingerprint density at radius 2 is 2.07 bits per heavy atom. The lowest BCUT2D eigenvalue weighted by atomic mass is 10.2. The third kappa shape index (κ3) is 1.99. The Kier molecular flexibility index (Phi) is 2.89. The minimum Gasteiger partial charge on any atom is -0.467 e. The summed E-state index contributed by atoms with van der Waals surface area (Å²) in [5.74, 6) is 1.06. The summed E-state index contributed by atoms with van der Waals surface area (Å²) in [6, 6.07) is 2.48. The van der Waals surface area contributed by atoms with Gasteiger partial charge in [-0.05, 0) is 25.5 Å². The maximum absolute atomic E-state index is 5.50. The van der Waals surface area contributed by atoms with E-state index in [0.717, 1.165) is 32.1 Å². The van der Waals surface area contributed by atoms with E-state index in [4.69, 9.17) is 9.15 Å². The molecular formula is C11H17NO2. The van der Waals surface area contributed by atoms with Crippen molar-refractivity contribution < 1.29 is 9.15 Å². The number of ether oxygens (including phenoxy) is 1. The van der Waals surface area contributed by atoms with Crippen LogP contribution in [0.1, 0.15) is 24.3 Å². The predicted molar refractivity (Wildman–Crippen MR) is 54.3 cm³/mol. The van der Waals surface area contributed by atoms with E-state index in [9.17, 15) is 0 Å². The Balaban J connectivity index is 2.03. The standard InChI is InChI=1S/C11H17NO2/c1-9-7-11(14-8-9)10(2)12-3-5-13-6-4-12/h7-8,10H,3-6H2,1-2H3. The first-order valence-corrected chi connectivity index (χ1v) is 5.14. The number of morpholine rings is 1. The van der Waals surface area contributed by atoms with E-state index in [-0.39, 0.29) is 0 Å². The molecule has 78 valence electrons. The molecule has 1 aromatic rings. The SMILES string of the molecule is Cc1coc(C(C)N2CCOCC2)c1. The zero-order chi connectivity index (χ0) is 9.97. The molecule has 0 aliphatic carbocycles. The van der Waals surface area contributed by atoms with E-state index in [1.165, 1.54) is 5.56 Å². The van der Waals surface area contributed by atoms with Crippen molar-refractivity contribution in [1.29, 1.82) is 0 Å². The van der Waals surface area contributed by atoms with Gasteiger partial charge in [0.15, 0.2) is 0 Å². The molecule has 2 rings (SSSR count). The lowest BCUT2D eigenvalue weighted by molar-refractivity contribution is 0.0157. The molecule has 1 atom stereocenters. The van der Waals surface area contributed by atoms with Gasteiger partial charge in [0.1, 0.15) is 5.76 Å². The van der Waals surface area contributed by atoms with E-state index < -0.39 is 0 Å². The summed E-state index contributed by atoms with van der Waals surface area (Å²) in [6.07, 6.45) is 1.81. The number of rotatable bonds is 2. The van der Waals surface area contributed by atoms with Crippen molar-refractivity contribution >= 4 is 0 Å². The number of hydrogen-bond donors (Lipinski definition) is 0. The largest absolute Gasteiger partial charge is 0.467 e. The maximum atomic E-state index is 5.50. The maximum Gasteiger partial charge on any atom is 0.120 e. The van der Waals surface area contributed by atoms with Crippen molar-refractivity contribution in [2.45, 2.75) is 19.9 Å². The van der Waals surface area contributed by atoms with Gasteiger partial charge in [-0.15, -0.1) is 0 Å². The summed E-state index contributed by atoms with van der Waals surface area (Å²) in [7, 11) is 0. The smallest absolute Gasteiger partial charge is 0.120 e. The molecule has 1 fully saturated rings. The molecule has 0 bridgehead atoms. The average Bonchev–Trinajstić information content (AvgIpc) is 2.65. The van der Waals surface area contributed by atoms with Crippen LogP contribution in [0.2, 0.25) is 0 Å². The third-order valence-electron chi connectivity index (χ3n) is 2.76. The van der Waals surface area contributed by atoms with Gasteiger partial charge < -0.3 is 9.15 Å². The molecule has 1 unspecified atom stereocenters. The van der Waals surface area contributed by atoms with E-state index in [2.05, 4.69) is 24.8 Å². The molecule has 1 aliphatic rings. The summed E-state index contributed by atoms with van der Waals surface area (Å²) in [5.41, 5.74) is 1.19. The highest BCUT2D eigenvalue weighted by molar-refractivity contribution is 5.13. The first-order valence-electron chi connectivity index (χ1n) is 5.14. The summed E-state index contributed by atoms with van der Waals surface area (Å²) in [6.45, 7) is 7.92. The van der Waals surface area contributed by atoms with Gasteiger partial charge in [-0.25, -0.2) is 0 Å². The van der Waals surface area contributed by atoms with Gasteiger partial charge in [0.2, 0.25) is 0 Å². The van der Waals surface area contributed by atoms with Crippen molar-refractivity contribution in [1.82, 2.24) is 4.90 Å². The van der Waals surface area contributed by atoms with Crippen LogP contribution in [-0.4, -0.2) is 31.2 Å². The molecule has 0 aromatic carbocycles. The summed E-state index contributed by atoms with van der Waals surface area (Å²) in [4.78, 5) is 2.39. The van der Waals surface area contributed by atoms with Crippen LogP contribution in [0.15, 0.2) is 16.7 Å². The van der Waals surface area contributed by atoms with Gasteiger partial charge in [-0.2, -0.15) is 0 Å². The van der Waals surface area contributed by atoms with Crippen LogP contribution in [0, 0.1) is 6.92 Å². The van der Waals surface area contributed by atoms with E-state index in [1.807, 2.05) is 6.26 Å². The van der Waals surface area contributed by atoms with Crippen molar-refractivity contribution in [2.24, 2.45) is 0 Å². The molecule has 1 aliphatic heterocycles. The Morgan fingerprint density at radius 1 is 1.36 bits per heavy atom. The zero-order valence-corrected chi connectivity index (χ0v) is 8.82. The Morgan fingerprint density at radius 3 is 2.64 bits per heavy atom. The monoisotopic (exact) mass is 195 g/mol. The topological polar surface area (TPSA) is 25.6 Å². The van der Waals surface area contributed by atoms with Crippen molar-refractivity contribution in [2.75, 3.05) is 26.3 Å². The number of furan rings is 1. The summed E-state index contributed by atoms with van der Waals surface area (Å²) in [5, 5.41) is 0. The molecule has 2 heterocycles. The van der Waals surface area contributed by atoms with Crippen LogP contribution in [-0.2, 0) is 4.74 Å². The third-order valence-corrected chi connectivity index (χ3v) is 2.76. The average molecular weight is 195 g/mol. The molecule has 0 saturated carbocycles. The number of hydrogen-bond acceptors (Lipinski definition) is 3. The highest BCUT2D eigenvalue weighted by Crippen LogP contribution is 2.22. The normalized spacial score (nSPS) is 21.0. The lowest BCUT2D eigenvalue weighted by Crippen LogP contribution is -2.37. The van der Waals surface area contributed by atoms with Gasteiger partial charge in [-0.1, -0.05) is 0 Å². The minimum atomic E-state index is 0.368. The Bertz CT molecular complexity index is 289. The molecular weight excluding hydrogens is 178 g/mol. The van der Waals surface area contributed by atoms with Gasteiger partial charge in [-0.3, -0.25) is 4.90 Å². The molecule has 0 spiro atoms. The molecule has 3 nitrogen and oxygen atoms in total. The molecule has 0 amide bonds. The Hall–Kier alpha value is -0.800. The molecule has 3 heteroatoms. The lowest BCUT2D eigenvalue weighted by Gasteiger charge is -2.30. The predicted octanol–water partition coefficient (Wildman–Crippen LogP) is 1.98. The fourth-order valence-corrected chi connectivity index (χ4v) is 1.82. The van der Waals surface area contributed by atoms with Crippen LogP contribution in [0.3, 0.4) is 0 Å². The van der Waals surface area contributed by atoms with E-state index in [1.54, 1.807) is 0 Å². The fourth-order valence-electron chi connectivity index (χ4n) is 1.82. The highest BCUT2D eigenvalue weighted by atomic mass is 16.5. The van der Waals surface area contributed by atoms with Gasteiger partial charge in [0.05, 0.1) is 25.5 Å². The van der Waals surface area contributed by atoms with Crippen molar-refractivity contribution in [3.63, 3.8) is 0 Å². The number of aryl methyl sites for hydroxylation is 1. The molecule has 0 radical (unpaired) electrons. The molecule has 0 N–H and O–H groups in total. The Labute approximate surface area is 84.6 Å². The highest BCUT2D eigenvalue weighted by Gasteiger charge is 2.20. The first-order chi connectivity index (χ1) is 6.77. The van der Waals surface area contributed by atoms with E-state index >= 15 is 0 Å². The quantitative estimate of drug-likeness (QED) is 0.721. The second-order valence-electron chi connectivity index (χ2n) is 3.85. The van der Waals surface area contributed by atoms with Gasteiger partial charge in [0.25, 0.3) is 0 Å². The van der Waals surface area contributed by atoms with Gasteiger partial charge >= 0.3 is 0 Å². The minimum absolute atomic E-state index is 0.368. The summed E-state index contributed by atoms with van der Waals surface area (Å²) >= 11 is 0.